The molecule has 1 aromatic heterocycles. The molecule has 1 unspecified atom stereocenters. The van der Waals surface area contributed by atoms with E-state index in [1.54, 1.807) is 6.92 Å². The molecule has 2 N–H and O–H groups in total. The average Bonchev–Trinajstić information content (AvgIpc) is 2.72. The predicted molar refractivity (Wildman–Crippen MR) is 64.8 cm³/mol. The van der Waals surface area contributed by atoms with Gasteiger partial charge in [-0.05, 0) is 19.4 Å². The standard InChI is InChI=1S/C13H15NO3/c1-9(15)6-7-14-13(16)11-8-17-12-5-3-2-4-10(11)12/h2-5,8-9,15H,6-7H2,1H3,(H,14,16). The third kappa shape index (κ3) is 2.65. The van der Waals surface area contributed by atoms with Crippen LogP contribution in [0.1, 0.15) is 23.7 Å². The molecular weight excluding hydrogens is 218 g/mol. The first-order valence-electron chi connectivity index (χ1n) is 5.61. The molecule has 90 valence electrons. The molecule has 4 nitrogen and oxygen atoms in total. The molecule has 2 aromatic rings. The number of nitrogens with one attached hydrogen (secondary N) is 1. The van der Waals surface area contributed by atoms with Crippen molar-refractivity contribution in [2.45, 2.75) is 19.4 Å². The van der Waals surface area contributed by atoms with Crippen LogP contribution < -0.4 is 5.32 Å². The lowest BCUT2D eigenvalue weighted by molar-refractivity contribution is 0.0946. The molecule has 0 saturated carbocycles. The molecule has 0 aliphatic rings. The Kier molecular flexibility index (Phi) is 3.44. The molecule has 4 heteroatoms. The van der Waals surface area contributed by atoms with E-state index in [1.165, 1.54) is 6.26 Å². The molecule has 0 aliphatic carbocycles. The number of amides is 1. The Morgan fingerprint density at radius 3 is 3.00 bits per heavy atom. The van der Waals surface area contributed by atoms with Crippen LogP contribution in [0.3, 0.4) is 0 Å². The van der Waals surface area contributed by atoms with Crippen molar-refractivity contribution in [1.82, 2.24) is 5.32 Å². The first kappa shape index (κ1) is 11.7. The summed E-state index contributed by atoms with van der Waals surface area (Å²) in [5.41, 5.74) is 1.24. The number of hydrogen-bond donors (Lipinski definition) is 2. The summed E-state index contributed by atoms with van der Waals surface area (Å²) in [6.07, 6.45) is 1.60. The van der Waals surface area contributed by atoms with Crippen LogP contribution in [0.5, 0.6) is 0 Å². The maximum Gasteiger partial charge on any atom is 0.255 e. The van der Waals surface area contributed by atoms with Crippen molar-refractivity contribution in [1.29, 1.82) is 0 Å². The Balaban J connectivity index is 2.09. The zero-order valence-electron chi connectivity index (χ0n) is 9.64. The lowest BCUT2D eigenvalue weighted by atomic mass is 10.1. The highest BCUT2D eigenvalue weighted by atomic mass is 16.3. The van der Waals surface area contributed by atoms with Crippen LogP contribution in [0.2, 0.25) is 0 Å². The molecule has 1 amide bonds. The van der Waals surface area contributed by atoms with Crippen LogP contribution in [0.25, 0.3) is 11.0 Å². The van der Waals surface area contributed by atoms with Crippen LogP contribution in [0.4, 0.5) is 0 Å². The van der Waals surface area contributed by atoms with Gasteiger partial charge in [0, 0.05) is 11.9 Å². The molecular formula is C13H15NO3. The molecule has 1 atom stereocenters. The number of fused-ring (bicyclic) bond motifs is 1. The van der Waals surface area contributed by atoms with Gasteiger partial charge in [0.25, 0.3) is 5.91 Å². The van der Waals surface area contributed by atoms with Crippen molar-refractivity contribution in [3.05, 3.63) is 36.1 Å². The molecule has 0 saturated heterocycles. The number of carbonyl (C=O) groups excluding carboxylic acids is 1. The minimum Gasteiger partial charge on any atom is -0.463 e. The molecule has 2 rings (SSSR count). The third-order valence-corrected chi connectivity index (χ3v) is 2.57. The second-order valence-electron chi connectivity index (χ2n) is 4.04. The van der Waals surface area contributed by atoms with E-state index in [0.29, 0.717) is 24.1 Å². The van der Waals surface area contributed by atoms with E-state index in [1.807, 2.05) is 24.3 Å². The zero-order chi connectivity index (χ0) is 12.3. The minimum atomic E-state index is -0.406. The Morgan fingerprint density at radius 2 is 2.24 bits per heavy atom. The number of aliphatic hydroxyl groups is 1. The SMILES string of the molecule is CC(O)CCNC(=O)c1coc2ccccc12. The smallest absolute Gasteiger partial charge is 0.255 e. The topological polar surface area (TPSA) is 62.5 Å². The second kappa shape index (κ2) is 5.01. The van der Waals surface area contributed by atoms with E-state index in [4.69, 9.17) is 9.52 Å². The van der Waals surface area contributed by atoms with Crippen molar-refractivity contribution in [2.75, 3.05) is 6.54 Å². The van der Waals surface area contributed by atoms with Gasteiger partial charge >= 0.3 is 0 Å². The number of carbonyl (C=O) groups is 1. The predicted octanol–water partition coefficient (Wildman–Crippen LogP) is 1.93. The van der Waals surface area contributed by atoms with Crippen molar-refractivity contribution in [3.8, 4) is 0 Å². The van der Waals surface area contributed by atoms with Crippen molar-refractivity contribution < 1.29 is 14.3 Å². The van der Waals surface area contributed by atoms with Gasteiger partial charge in [-0.25, -0.2) is 0 Å². The van der Waals surface area contributed by atoms with Gasteiger partial charge in [-0.2, -0.15) is 0 Å². The molecule has 1 heterocycles. The highest BCUT2D eigenvalue weighted by Crippen LogP contribution is 2.20. The molecule has 0 fully saturated rings. The van der Waals surface area contributed by atoms with Gasteiger partial charge in [0.2, 0.25) is 0 Å². The van der Waals surface area contributed by atoms with Gasteiger partial charge in [-0.1, -0.05) is 18.2 Å². The van der Waals surface area contributed by atoms with E-state index < -0.39 is 6.10 Å². The molecule has 0 bridgehead atoms. The summed E-state index contributed by atoms with van der Waals surface area (Å²) in [4.78, 5) is 11.8. The first-order chi connectivity index (χ1) is 8.18. The average molecular weight is 233 g/mol. The van der Waals surface area contributed by atoms with Crippen LogP contribution in [-0.2, 0) is 0 Å². The lowest BCUT2D eigenvalue weighted by Gasteiger charge is -2.05. The Morgan fingerprint density at radius 1 is 1.47 bits per heavy atom. The molecule has 0 radical (unpaired) electrons. The van der Waals surface area contributed by atoms with Crippen molar-refractivity contribution in [3.63, 3.8) is 0 Å². The fourth-order valence-corrected chi connectivity index (χ4v) is 1.64. The normalized spacial score (nSPS) is 12.6. The summed E-state index contributed by atoms with van der Waals surface area (Å²) >= 11 is 0. The van der Waals surface area contributed by atoms with Gasteiger partial charge in [0.1, 0.15) is 11.8 Å². The molecule has 0 spiro atoms. The van der Waals surface area contributed by atoms with Gasteiger partial charge in [0.05, 0.1) is 11.7 Å². The number of hydrogen-bond acceptors (Lipinski definition) is 3. The largest absolute Gasteiger partial charge is 0.463 e. The summed E-state index contributed by atoms with van der Waals surface area (Å²) in [6, 6.07) is 7.40. The maximum absolute atomic E-state index is 11.8. The maximum atomic E-state index is 11.8. The van der Waals surface area contributed by atoms with E-state index in [-0.39, 0.29) is 5.91 Å². The quantitative estimate of drug-likeness (QED) is 0.848. The Hall–Kier alpha value is -1.81. The highest BCUT2D eigenvalue weighted by Gasteiger charge is 2.12. The fourth-order valence-electron chi connectivity index (χ4n) is 1.64. The first-order valence-corrected chi connectivity index (χ1v) is 5.61. The van der Waals surface area contributed by atoms with Gasteiger partial charge in [-0.15, -0.1) is 0 Å². The van der Waals surface area contributed by atoms with Gasteiger partial charge in [0.15, 0.2) is 0 Å². The van der Waals surface area contributed by atoms with Crippen molar-refractivity contribution >= 4 is 16.9 Å². The number of benzene rings is 1. The van der Waals surface area contributed by atoms with Crippen LogP contribution >= 0.6 is 0 Å². The van der Waals surface area contributed by atoms with Crippen LogP contribution in [-0.4, -0.2) is 23.7 Å². The van der Waals surface area contributed by atoms with E-state index in [0.717, 1.165) is 5.39 Å². The number of para-hydroxylation sites is 1. The summed E-state index contributed by atoms with van der Waals surface area (Å²) in [7, 11) is 0. The fraction of sp³-hybridized carbons (Fsp3) is 0.308. The number of aliphatic hydroxyl groups excluding tert-OH is 1. The summed E-state index contributed by atoms with van der Waals surface area (Å²) in [5, 5.41) is 12.7. The van der Waals surface area contributed by atoms with E-state index >= 15 is 0 Å². The van der Waals surface area contributed by atoms with Crippen LogP contribution in [0, 0.1) is 0 Å². The van der Waals surface area contributed by atoms with Gasteiger partial charge in [-0.3, -0.25) is 4.79 Å². The van der Waals surface area contributed by atoms with E-state index in [2.05, 4.69) is 5.32 Å². The highest BCUT2D eigenvalue weighted by molar-refractivity contribution is 6.05. The monoisotopic (exact) mass is 233 g/mol. The Bertz CT molecular complexity index is 516. The lowest BCUT2D eigenvalue weighted by Crippen LogP contribution is -2.26. The third-order valence-electron chi connectivity index (χ3n) is 2.57. The molecule has 17 heavy (non-hydrogen) atoms. The Labute approximate surface area is 99.2 Å². The number of furan rings is 1. The van der Waals surface area contributed by atoms with Crippen LogP contribution in [0.15, 0.2) is 34.9 Å². The summed E-state index contributed by atoms with van der Waals surface area (Å²) < 4.78 is 5.29. The molecule has 1 aromatic carbocycles. The zero-order valence-corrected chi connectivity index (χ0v) is 9.64. The van der Waals surface area contributed by atoms with Gasteiger partial charge < -0.3 is 14.8 Å². The van der Waals surface area contributed by atoms with E-state index in [9.17, 15) is 4.79 Å². The second-order valence-corrected chi connectivity index (χ2v) is 4.04. The summed E-state index contributed by atoms with van der Waals surface area (Å²) in [5.74, 6) is -0.171. The minimum absolute atomic E-state index is 0.171. The number of rotatable bonds is 4. The van der Waals surface area contributed by atoms with Crippen molar-refractivity contribution in [2.24, 2.45) is 0 Å². The summed E-state index contributed by atoms with van der Waals surface area (Å²) in [6.45, 7) is 2.15. The molecule has 0 aliphatic heterocycles.